The Kier molecular flexibility index (Phi) is 2.88. The third-order valence-corrected chi connectivity index (χ3v) is 2.84. The predicted octanol–water partition coefficient (Wildman–Crippen LogP) is 2.92. The van der Waals surface area contributed by atoms with E-state index < -0.39 is 0 Å². The largest absolute Gasteiger partial charge is 0.507 e. The highest BCUT2D eigenvalue weighted by molar-refractivity contribution is 5.89. The molecule has 0 saturated carbocycles. The molecule has 0 bridgehead atoms. The van der Waals surface area contributed by atoms with Gasteiger partial charge in [-0.3, -0.25) is 0 Å². The molecule has 3 heteroatoms. The first-order chi connectivity index (χ1) is 7.59. The number of fused-ring (bicyclic) bond motifs is 1. The van der Waals surface area contributed by atoms with Crippen molar-refractivity contribution in [2.75, 3.05) is 0 Å². The Bertz CT molecular complexity index is 488. The number of aromatic hydroxyl groups is 1. The molecule has 2 aromatic rings. The van der Waals surface area contributed by atoms with Crippen LogP contribution in [0.5, 0.6) is 5.75 Å². The summed E-state index contributed by atoms with van der Waals surface area (Å²) in [6.07, 6.45) is 2.82. The maximum absolute atomic E-state index is 9.85. The van der Waals surface area contributed by atoms with E-state index in [9.17, 15) is 5.11 Å². The molecule has 0 amide bonds. The first kappa shape index (κ1) is 11.0. The SMILES string of the molecule is CC(C)C[C@@H](N)c1c[nH]c2cccc(O)c12. The van der Waals surface area contributed by atoms with E-state index in [1.807, 2.05) is 18.3 Å². The van der Waals surface area contributed by atoms with Gasteiger partial charge in [-0.2, -0.15) is 0 Å². The van der Waals surface area contributed by atoms with Gasteiger partial charge in [-0.25, -0.2) is 0 Å². The lowest BCUT2D eigenvalue weighted by Gasteiger charge is -2.13. The quantitative estimate of drug-likeness (QED) is 0.741. The molecule has 1 aromatic heterocycles. The molecule has 1 aromatic carbocycles. The van der Waals surface area contributed by atoms with Crippen molar-refractivity contribution in [3.8, 4) is 5.75 Å². The molecular formula is C13H18N2O. The zero-order chi connectivity index (χ0) is 11.7. The first-order valence-electron chi connectivity index (χ1n) is 5.64. The van der Waals surface area contributed by atoms with Gasteiger partial charge in [0.15, 0.2) is 0 Å². The van der Waals surface area contributed by atoms with Gasteiger partial charge in [0, 0.05) is 23.1 Å². The molecule has 4 N–H and O–H groups in total. The van der Waals surface area contributed by atoms with Crippen molar-refractivity contribution in [1.82, 2.24) is 4.98 Å². The number of hydrogen-bond donors (Lipinski definition) is 3. The Morgan fingerprint density at radius 2 is 2.12 bits per heavy atom. The highest BCUT2D eigenvalue weighted by Gasteiger charge is 2.15. The normalized spacial score (nSPS) is 13.5. The van der Waals surface area contributed by atoms with Crippen LogP contribution >= 0.6 is 0 Å². The standard InChI is InChI=1S/C13H18N2O/c1-8(2)6-10(14)9-7-15-11-4-3-5-12(16)13(9)11/h3-5,7-8,10,15-16H,6,14H2,1-2H3/t10-/m1/s1. The molecule has 0 aliphatic carbocycles. The molecule has 86 valence electrons. The second-order valence-electron chi connectivity index (χ2n) is 4.68. The number of rotatable bonds is 3. The van der Waals surface area contributed by atoms with E-state index in [2.05, 4.69) is 18.8 Å². The van der Waals surface area contributed by atoms with Crippen LogP contribution in [0.4, 0.5) is 0 Å². The van der Waals surface area contributed by atoms with Crippen molar-refractivity contribution in [2.24, 2.45) is 11.7 Å². The van der Waals surface area contributed by atoms with Crippen LogP contribution in [-0.2, 0) is 0 Å². The fourth-order valence-corrected chi connectivity index (χ4v) is 2.12. The van der Waals surface area contributed by atoms with Crippen molar-refractivity contribution in [3.63, 3.8) is 0 Å². The molecule has 2 rings (SSSR count). The predicted molar refractivity (Wildman–Crippen MR) is 66.3 cm³/mol. The lowest BCUT2D eigenvalue weighted by Crippen LogP contribution is -2.12. The monoisotopic (exact) mass is 218 g/mol. The van der Waals surface area contributed by atoms with Crippen LogP contribution in [0, 0.1) is 5.92 Å². The van der Waals surface area contributed by atoms with Crippen LogP contribution in [0.1, 0.15) is 31.9 Å². The lowest BCUT2D eigenvalue weighted by molar-refractivity contribution is 0.478. The van der Waals surface area contributed by atoms with Gasteiger partial charge in [0.2, 0.25) is 0 Å². The minimum atomic E-state index is -0.0259. The molecule has 16 heavy (non-hydrogen) atoms. The Balaban J connectivity index is 2.45. The van der Waals surface area contributed by atoms with Gasteiger partial charge in [0.25, 0.3) is 0 Å². The summed E-state index contributed by atoms with van der Waals surface area (Å²) in [4.78, 5) is 3.14. The number of phenolic OH excluding ortho intramolecular Hbond substituents is 1. The Hall–Kier alpha value is -1.48. The maximum atomic E-state index is 9.85. The zero-order valence-electron chi connectivity index (χ0n) is 9.70. The summed E-state index contributed by atoms with van der Waals surface area (Å²) >= 11 is 0. The Morgan fingerprint density at radius 1 is 1.38 bits per heavy atom. The zero-order valence-corrected chi connectivity index (χ0v) is 9.70. The molecule has 1 heterocycles. The molecule has 1 atom stereocenters. The topological polar surface area (TPSA) is 62.0 Å². The average Bonchev–Trinajstić information content (AvgIpc) is 2.61. The Labute approximate surface area is 95.3 Å². The summed E-state index contributed by atoms with van der Waals surface area (Å²) in [6, 6.07) is 5.44. The van der Waals surface area contributed by atoms with Gasteiger partial charge >= 0.3 is 0 Å². The summed E-state index contributed by atoms with van der Waals surface area (Å²) < 4.78 is 0. The fraction of sp³-hybridized carbons (Fsp3) is 0.385. The summed E-state index contributed by atoms with van der Waals surface area (Å²) in [5.41, 5.74) is 8.08. The van der Waals surface area contributed by atoms with Crippen molar-refractivity contribution >= 4 is 10.9 Å². The third kappa shape index (κ3) is 1.91. The van der Waals surface area contributed by atoms with Crippen molar-refractivity contribution in [3.05, 3.63) is 30.0 Å². The van der Waals surface area contributed by atoms with Crippen molar-refractivity contribution < 1.29 is 5.11 Å². The van der Waals surface area contributed by atoms with E-state index in [1.54, 1.807) is 6.07 Å². The second kappa shape index (κ2) is 4.18. The van der Waals surface area contributed by atoms with Crippen LogP contribution in [0.3, 0.4) is 0 Å². The van der Waals surface area contributed by atoms with Crippen LogP contribution in [0.15, 0.2) is 24.4 Å². The molecule has 0 fully saturated rings. The Morgan fingerprint density at radius 3 is 2.81 bits per heavy atom. The highest BCUT2D eigenvalue weighted by atomic mass is 16.3. The van der Waals surface area contributed by atoms with Gasteiger partial charge < -0.3 is 15.8 Å². The minimum Gasteiger partial charge on any atom is -0.507 e. The molecular weight excluding hydrogens is 200 g/mol. The van der Waals surface area contributed by atoms with Gasteiger partial charge in [0.1, 0.15) is 5.75 Å². The van der Waals surface area contributed by atoms with E-state index >= 15 is 0 Å². The number of phenols is 1. The fourth-order valence-electron chi connectivity index (χ4n) is 2.12. The molecule has 0 radical (unpaired) electrons. The van der Waals surface area contributed by atoms with Crippen molar-refractivity contribution in [1.29, 1.82) is 0 Å². The lowest BCUT2D eigenvalue weighted by atomic mass is 9.97. The maximum Gasteiger partial charge on any atom is 0.125 e. The molecule has 0 spiro atoms. The number of nitrogens with one attached hydrogen (secondary N) is 1. The molecule has 0 aliphatic rings. The van der Waals surface area contributed by atoms with Crippen LogP contribution in [0.25, 0.3) is 10.9 Å². The molecule has 0 aliphatic heterocycles. The molecule has 3 nitrogen and oxygen atoms in total. The summed E-state index contributed by atoms with van der Waals surface area (Å²) in [6.45, 7) is 4.29. The summed E-state index contributed by atoms with van der Waals surface area (Å²) in [5, 5.41) is 10.7. The van der Waals surface area contributed by atoms with E-state index in [0.29, 0.717) is 11.7 Å². The van der Waals surface area contributed by atoms with Crippen LogP contribution in [-0.4, -0.2) is 10.1 Å². The van der Waals surface area contributed by atoms with E-state index in [0.717, 1.165) is 22.9 Å². The number of benzene rings is 1. The van der Waals surface area contributed by atoms with E-state index in [-0.39, 0.29) is 6.04 Å². The van der Waals surface area contributed by atoms with E-state index in [1.165, 1.54) is 0 Å². The number of aromatic nitrogens is 1. The van der Waals surface area contributed by atoms with Crippen LogP contribution in [0.2, 0.25) is 0 Å². The molecule has 0 unspecified atom stereocenters. The van der Waals surface area contributed by atoms with Gasteiger partial charge in [-0.15, -0.1) is 0 Å². The summed E-state index contributed by atoms with van der Waals surface area (Å²) in [5.74, 6) is 0.846. The van der Waals surface area contributed by atoms with Gasteiger partial charge in [-0.1, -0.05) is 19.9 Å². The third-order valence-electron chi connectivity index (χ3n) is 2.84. The van der Waals surface area contributed by atoms with Crippen molar-refractivity contribution in [2.45, 2.75) is 26.3 Å². The smallest absolute Gasteiger partial charge is 0.125 e. The number of H-pyrrole nitrogens is 1. The second-order valence-corrected chi connectivity index (χ2v) is 4.68. The van der Waals surface area contributed by atoms with Crippen LogP contribution < -0.4 is 5.73 Å². The summed E-state index contributed by atoms with van der Waals surface area (Å²) in [7, 11) is 0. The first-order valence-corrected chi connectivity index (χ1v) is 5.64. The molecule has 0 saturated heterocycles. The number of aromatic amines is 1. The number of nitrogens with two attached hydrogens (primary N) is 1. The average molecular weight is 218 g/mol. The number of hydrogen-bond acceptors (Lipinski definition) is 2. The van der Waals surface area contributed by atoms with E-state index in [4.69, 9.17) is 5.73 Å². The van der Waals surface area contributed by atoms with Gasteiger partial charge in [0.05, 0.1) is 0 Å². The minimum absolute atomic E-state index is 0.0259. The highest BCUT2D eigenvalue weighted by Crippen LogP contribution is 2.32. The van der Waals surface area contributed by atoms with Gasteiger partial charge in [-0.05, 0) is 30.0 Å².